The van der Waals surface area contributed by atoms with Gasteiger partial charge in [0.2, 0.25) is 0 Å². The molecule has 0 saturated heterocycles. The number of nitrogens with zero attached hydrogens (tertiary/aromatic N) is 3. The average Bonchev–Trinajstić information content (AvgIpc) is 2.71. The van der Waals surface area contributed by atoms with Gasteiger partial charge in [0.05, 0.1) is 19.1 Å². The van der Waals surface area contributed by atoms with E-state index in [1.165, 1.54) is 11.6 Å². The van der Waals surface area contributed by atoms with Crippen molar-refractivity contribution in [2.45, 2.75) is 19.9 Å². The van der Waals surface area contributed by atoms with E-state index >= 15 is 0 Å². The summed E-state index contributed by atoms with van der Waals surface area (Å²) in [5.41, 5.74) is 4.58. The fourth-order valence-corrected chi connectivity index (χ4v) is 3.84. The molecule has 7 nitrogen and oxygen atoms in total. The first-order valence-electron chi connectivity index (χ1n) is 9.05. The molecular formula is C21H21N3O4. The number of nitro benzene ring substituents is 1. The highest BCUT2D eigenvalue weighted by molar-refractivity contribution is 5.97. The third-order valence-corrected chi connectivity index (χ3v) is 5.18. The van der Waals surface area contributed by atoms with Crippen LogP contribution in [0.1, 0.15) is 16.8 Å². The summed E-state index contributed by atoms with van der Waals surface area (Å²) < 4.78 is 10.9. The van der Waals surface area contributed by atoms with E-state index in [-0.39, 0.29) is 10.6 Å². The largest absolute Gasteiger partial charge is 0.493 e. The molecule has 2 aromatic carbocycles. The van der Waals surface area contributed by atoms with E-state index in [1.54, 1.807) is 20.3 Å². The number of pyridine rings is 1. The Morgan fingerprint density at radius 2 is 1.82 bits per heavy atom. The number of anilines is 1. The predicted molar refractivity (Wildman–Crippen MR) is 107 cm³/mol. The van der Waals surface area contributed by atoms with Crippen LogP contribution >= 0.6 is 0 Å². The number of non-ortho nitro benzene ring substituents is 1. The van der Waals surface area contributed by atoms with Crippen LogP contribution in [0, 0.1) is 17.0 Å². The van der Waals surface area contributed by atoms with E-state index < -0.39 is 0 Å². The maximum absolute atomic E-state index is 11.4. The van der Waals surface area contributed by atoms with Crippen molar-refractivity contribution in [1.29, 1.82) is 0 Å². The van der Waals surface area contributed by atoms with E-state index in [2.05, 4.69) is 9.88 Å². The SMILES string of the molecule is COc1cc2c(cc1OC)CN(c1cc(C)nc3c([N+](=O)[O-])cccc13)CC2. The van der Waals surface area contributed by atoms with E-state index in [0.717, 1.165) is 41.0 Å². The second-order valence-corrected chi connectivity index (χ2v) is 6.86. The number of aryl methyl sites for hydroxylation is 1. The second-order valence-electron chi connectivity index (χ2n) is 6.86. The van der Waals surface area contributed by atoms with Gasteiger partial charge in [0.1, 0.15) is 0 Å². The van der Waals surface area contributed by atoms with Crippen LogP contribution in [-0.2, 0) is 13.0 Å². The quantitative estimate of drug-likeness (QED) is 0.503. The highest BCUT2D eigenvalue weighted by Crippen LogP contribution is 2.37. The molecule has 4 rings (SSSR count). The van der Waals surface area contributed by atoms with Crippen molar-refractivity contribution in [1.82, 2.24) is 4.98 Å². The maximum Gasteiger partial charge on any atom is 0.295 e. The van der Waals surface area contributed by atoms with Gasteiger partial charge in [-0.3, -0.25) is 10.1 Å². The fraction of sp³-hybridized carbons (Fsp3) is 0.286. The number of hydrogen-bond donors (Lipinski definition) is 0. The van der Waals surface area contributed by atoms with Crippen molar-refractivity contribution in [3.8, 4) is 11.5 Å². The van der Waals surface area contributed by atoms with E-state index in [0.29, 0.717) is 17.8 Å². The summed E-state index contributed by atoms with van der Waals surface area (Å²) in [7, 11) is 3.27. The molecule has 0 fully saturated rings. The van der Waals surface area contributed by atoms with Crippen molar-refractivity contribution < 1.29 is 14.4 Å². The van der Waals surface area contributed by atoms with Crippen LogP contribution in [0.2, 0.25) is 0 Å². The topological polar surface area (TPSA) is 77.7 Å². The maximum atomic E-state index is 11.4. The molecule has 1 aliphatic rings. The predicted octanol–water partition coefficient (Wildman–Crippen LogP) is 4.03. The number of hydrogen-bond acceptors (Lipinski definition) is 6. The summed E-state index contributed by atoms with van der Waals surface area (Å²) >= 11 is 0. The first-order valence-corrected chi connectivity index (χ1v) is 9.05. The Hall–Kier alpha value is -3.35. The number of fused-ring (bicyclic) bond motifs is 2. The molecule has 0 amide bonds. The molecule has 0 atom stereocenters. The van der Waals surface area contributed by atoms with Crippen molar-refractivity contribution in [3.05, 3.63) is 63.3 Å². The monoisotopic (exact) mass is 379 g/mol. The highest BCUT2D eigenvalue weighted by Gasteiger charge is 2.23. The van der Waals surface area contributed by atoms with Gasteiger partial charge in [-0.05, 0) is 42.7 Å². The van der Waals surface area contributed by atoms with Gasteiger partial charge < -0.3 is 14.4 Å². The zero-order chi connectivity index (χ0) is 19.8. The van der Waals surface area contributed by atoms with Crippen LogP contribution in [0.4, 0.5) is 11.4 Å². The summed E-state index contributed by atoms with van der Waals surface area (Å²) in [6.07, 6.45) is 0.855. The third-order valence-electron chi connectivity index (χ3n) is 5.18. The van der Waals surface area contributed by atoms with Crippen molar-refractivity contribution in [2.75, 3.05) is 25.7 Å². The van der Waals surface area contributed by atoms with Gasteiger partial charge >= 0.3 is 0 Å². The van der Waals surface area contributed by atoms with Crippen LogP contribution in [0.25, 0.3) is 10.9 Å². The average molecular weight is 379 g/mol. The number of para-hydroxylation sites is 1. The summed E-state index contributed by atoms with van der Waals surface area (Å²) in [6.45, 7) is 3.37. The standard InChI is InChI=1S/C21H21N3O4/c1-13-9-18(16-5-4-6-17(24(25)26)21(16)22-13)23-8-7-14-10-19(27-2)20(28-3)11-15(14)12-23/h4-6,9-11H,7-8,12H2,1-3H3. The molecule has 2 heterocycles. The smallest absolute Gasteiger partial charge is 0.295 e. The minimum absolute atomic E-state index is 0.0336. The summed E-state index contributed by atoms with van der Waals surface area (Å²) in [5.74, 6) is 1.44. The van der Waals surface area contributed by atoms with Crippen LogP contribution in [0.15, 0.2) is 36.4 Å². The normalized spacial score (nSPS) is 13.3. The number of benzene rings is 2. The lowest BCUT2D eigenvalue weighted by atomic mass is 9.97. The number of nitro groups is 1. The fourth-order valence-electron chi connectivity index (χ4n) is 3.84. The Bertz CT molecular complexity index is 1080. The Morgan fingerprint density at radius 1 is 1.11 bits per heavy atom. The number of aromatic nitrogens is 1. The Balaban J connectivity index is 1.80. The van der Waals surface area contributed by atoms with Crippen LogP contribution in [0.5, 0.6) is 11.5 Å². The van der Waals surface area contributed by atoms with Crippen molar-refractivity contribution in [3.63, 3.8) is 0 Å². The first-order chi connectivity index (χ1) is 13.5. The molecule has 0 spiro atoms. The van der Waals surface area contributed by atoms with Gasteiger partial charge in [0, 0.05) is 35.9 Å². The molecule has 0 aliphatic carbocycles. The van der Waals surface area contributed by atoms with Crippen LogP contribution in [-0.4, -0.2) is 30.7 Å². The molecule has 0 unspecified atom stereocenters. The third kappa shape index (κ3) is 2.98. The summed E-state index contributed by atoms with van der Waals surface area (Å²) in [4.78, 5) is 17.7. The van der Waals surface area contributed by atoms with Gasteiger partial charge in [0.15, 0.2) is 17.0 Å². The van der Waals surface area contributed by atoms with Crippen molar-refractivity contribution in [2.24, 2.45) is 0 Å². The minimum atomic E-state index is -0.374. The Labute approximate surface area is 162 Å². The van der Waals surface area contributed by atoms with Gasteiger partial charge in [0.25, 0.3) is 5.69 Å². The zero-order valence-corrected chi connectivity index (χ0v) is 16.1. The number of methoxy groups -OCH3 is 2. The Morgan fingerprint density at radius 3 is 2.50 bits per heavy atom. The van der Waals surface area contributed by atoms with Gasteiger partial charge in [-0.1, -0.05) is 12.1 Å². The lowest BCUT2D eigenvalue weighted by Crippen LogP contribution is -2.30. The van der Waals surface area contributed by atoms with Crippen molar-refractivity contribution >= 4 is 22.3 Å². The molecule has 28 heavy (non-hydrogen) atoms. The van der Waals surface area contributed by atoms with Crippen LogP contribution < -0.4 is 14.4 Å². The molecule has 3 aromatic rings. The molecule has 1 aromatic heterocycles. The Kier molecular flexibility index (Phi) is 4.50. The molecule has 0 saturated carbocycles. The lowest BCUT2D eigenvalue weighted by Gasteiger charge is -2.32. The van der Waals surface area contributed by atoms with Gasteiger partial charge in [-0.25, -0.2) is 4.98 Å². The molecule has 7 heteroatoms. The van der Waals surface area contributed by atoms with Gasteiger partial charge in [-0.15, -0.1) is 0 Å². The minimum Gasteiger partial charge on any atom is -0.493 e. The molecule has 144 valence electrons. The molecular weight excluding hydrogens is 358 g/mol. The lowest BCUT2D eigenvalue weighted by molar-refractivity contribution is -0.383. The highest BCUT2D eigenvalue weighted by atomic mass is 16.6. The van der Waals surface area contributed by atoms with E-state index in [1.807, 2.05) is 31.2 Å². The number of ether oxygens (including phenoxy) is 2. The zero-order valence-electron chi connectivity index (χ0n) is 16.1. The van der Waals surface area contributed by atoms with Crippen LogP contribution in [0.3, 0.4) is 0 Å². The van der Waals surface area contributed by atoms with Gasteiger partial charge in [-0.2, -0.15) is 0 Å². The summed E-state index contributed by atoms with van der Waals surface area (Å²) in [5, 5.41) is 12.2. The van der Waals surface area contributed by atoms with E-state index in [4.69, 9.17) is 9.47 Å². The molecule has 0 bridgehead atoms. The molecule has 0 radical (unpaired) electrons. The second kappa shape index (κ2) is 6.99. The molecule has 1 aliphatic heterocycles. The summed E-state index contributed by atoms with van der Waals surface area (Å²) in [6, 6.07) is 11.2. The first kappa shape index (κ1) is 18.0. The molecule has 0 N–H and O–H groups in total. The van der Waals surface area contributed by atoms with E-state index in [9.17, 15) is 10.1 Å². The number of rotatable bonds is 4.